The predicted octanol–water partition coefficient (Wildman–Crippen LogP) is 3.57. The summed E-state index contributed by atoms with van der Waals surface area (Å²) in [4.78, 5) is 2.03. The second-order valence-electron chi connectivity index (χ2n) is 4.53. The zero-order chi connectivity index (χ0) is 13.8. The number of nitrogen functional groups attached to an aromatic ring is 1. The van der Waals surface area contributed by atoms with E-state index in [2.05, 4.69) is 0 Å². The molecule has 0 aromatic heterocycles. The molecule has 0 saturated carbocycles. The highest BCUT2D eigenvalue weighted by molar-refractivity contribution is 6.31. The molecular formula is C15H17ClN2O. The Kier molecular flexibility index (Phi) is 4.17. The molecule has 0 aliphatic carbocycles. The molecule has 0 saturated heterocycles. The molecule has 0 bridgehead atoms. The average Bonchev–Trinajstić information content (AvgIpc) is 2.40. The lowest BCUT2D eigenvalue weighted by molar-refractivity contribution is 0.306. The van der Waals surface area contributed by atoms with Crippen LogP contribution in [0, 0.1) is 0 Å². The molecule has 0 unspecified atom stereocenters. The van der Waals surface area contributed by atoms with Gasteiger partial charge in [0.15, 0.2) is 0 Å². The van der Waals surface area contributed by atoms with Gasteiger partial charge in [-0.1, -0.05) is 17.7 Å². The van der Waals surface area contributed by atoms with E-state index in [-0.39, 0.29) is 0 Å². The van der Waals surface area contributed by atoms with Crippen LogP contribution in [0.2, 0.25) is 5.02 Å². The first kappa shape index (κ1) is 13.6. The molecule has 2 aromatic rings. The third-order valence-electron chi connectivity index (χ3n) is 2.80. The summed E-state index contributed by atoms with van der Waals surface area (Å²) in [6.45, 7) is 0.404. The van der Waals surface area contributed by atoms with Crippen molar-refractivity contribution in [1.29, 1.82) is 0 Å². The molecule has 19 heavy (non-hydrogen) atoms. The predicted molar refractivity (Wildman–Crippen MR) is 81.0 cm³/mol. The molecule has 0 aliphatic rings. The normalized spacial score (nSPS) is 10.3. The lowest BCUT2D eigenvalue weighted by Crippen LogP contribution is -2.08. The van der Waals surface area contributed by atoms with Crippen LogP contribution in [0.25, 0.3) is 0 Å². The lowest BCUT2D eigenvalue weighted by atomic mass is 10.2. The van der Waals surface area contributed by atoms with Crippen LogP contribution in [0.5, 0.6) is 5.75 Å². The Morgan fingerprint density at radius 3 is 2.68 bits per heavy atom. The smallest absolute Gasteiger partial charge is 0.121 e. The van der Waals surface area contributed by atoms with Crippen molar-refractivity contribution in [3.63, 3.8) is 0 Å². The molecule has 0 atom stereocenters. The Labute approximate surface area is 118 Å². The van der Waals surface area contributed by atoms with E-state index in [1.165, 1.54) is 0 Å². The molecule has 0 spiro atoms. The second kappa shape index (κ2) is 5.85. The summed E-state index contributed by atoms with van der Waals surface area (Å²) < 4.78 is 5.75. The van der Waals surface area contributed by atoms with E-state index in [1.807, 2.05) is 49.3 Å². The van der Waals surface area contributed by atoms with E-state index >= 15 is 0 Å². The number of benzene rings is 2. The molecule has 2 N–H and O–H groups in total. The highest BCUT2D eigenvalue weighted by Gasteiger charge is 2.03. The van der Waals surface area contributed by atoms with Crippen LogP contribution in [0.3, 0.4) is 0 Å². The van der Waals surface area contributed by atoms with Crippen LogP contribution in [0.1, 0.15) is 5.56 Å². The molecule has 4 heteroatoms. The molecule has 0 fully saturated rings. The van der Waals surface area contributed by atoms with E-state index in [4.69, 9.17) is 22.1 Å². The average molecular weight is 277 g/mol. The first-order chi connectivity index (χ1) is 9.06. The number of hydrogen-bond acceptors (Lipinski definition) is 3. The molecule has 0 amide bonds. The quantitative estimate of drug-likeness (QED) is 0.868. The second-order valence-corrected chi connectivity index (χ2v) is 4.94. The third-order valence-corrected chi connectivity index (χ3v) is 3.17. The van der Waals surface area contributed by atoms with Crippen LogP contribution >= 0.6 is 11.6 Å². The van der Waals surface area contributed by atoms with E-state index < -0.39 is 0 Å². The highest BCUT2D eigenvalue weighted by Crippen LogP contribution is 2.23. The van der Waals surface area contributed by atoms with Crippen LogP contribution in [0.4, 0.5) is 11.4 Å². The number of hydrogen-bond donors (Lipinski definition) is 1. The minimum atomic E-state index is 0.404. The summed E-state index contributed by atoms with van der Waals surface area (Å²) >= 11 is 6.10. The van der Waals surface area contributed by atoms with Crippen LogP contribution in [-0.4, -0.2) is 14.1 Å². The topological polar surface area (TPSA) is 38.5 Å². The van der Waals surface area contributed by atoms with Gasteiger partial charge in [-0.2, -0.15) is 0 Å². The Morgan fingerprint density at radius 1 is 1.16 bits per heavy atom. The first-order valence-electron chi connectivity index (χ1n) is 6.00. The fourth-order valence-electron chi connectivity index (χ4n) is 1.72. The number of rotatable bonds is 4. The zero-order valence-electron chi connectivity index (χ0n) is 11.1. The van der Waals surface area contributed by atoms with Gasteiger partial charge in [-0.05, 0) is 30.3 Å². The van der Waals surface area contributed by atoms with Crippen molar-refractivity contribution in [2.75, 3.05) is 24.7 Å². The van der Waals surface area contributed by atoms with Gasteiger partial charge >= 0.3 is 0 Å². The summed E-state index contributed by atoms with van der Waals surface area (Å²) in [6, 6.07) is 13.3. The van der Waals surface area contributed by atoms with Crippen LogP contribution in [0.15, 0.2) is 42.5 Å². The van der Waals surface area contributed by atoms with Crippen molar-refractivity contribution >= 4 is 23.0 Å². The van der Waals surface area contributed by atoms with Crippen molar-refractivity contribution in [1.82, 2.24) is 0 Å². The molecule has 2 rings (SSSR count). The number of nitrogens with zero attached hydrogens (tertiary/aromatic N) is 1. The van der Waals surface area contributed by atoms with Gasteiger partial charge in [0, 0.05) is 42.1 Å². The summed E-state index contributed by atoms with van der Waals surface area (Å²) in [6.07, 6.45) is 0. The summed E-state index contributed by atoms with van der Waals surface area (Å²) in [5, 5.41) is 0.665. The number of nitrogens with two attached hydrogens (primary N) is 1. The van der Waals surface area contributed by atoms with Gasteiger partial charge in [-0.15, -0.1) is 0 Å². The van der Waals surface area contributed by atoms with Gasteiger partial charge in [0.1, 0.15) is 12.4 Å². The molecule has 0 aliphatic heterocycles. The Morgan fingerprint density at radius 2 is 1.95 bits per heavy atom. The molecule has 3 nitrogen and oxygen atoms in total. The van der Waals surface area contributed by atoms with Crippen molar-refractivity contribution < 1.29 is 4.74 Å². The summed E-state index contributed by atoms with van der Waals surface area (Å²) in [7, 11) is 3.99. The minimum absolute atomic E-state index is 0.404. The van der Waals surface area contributed by atoms with Gasteiger partial charge < -0.3 is 15.4 Å². The van der Waals surface area contributed by atoms with Gasteiger partial charge in [-0.25, -0.2) is 0 Å². The lowest BCUT2D eigenvalue weighted by Gasteiger charge is -2.14. The first-order valence-corrected chi connectivity index (χ1v) is 6.38. The fourth-order valence-corrected chi connectivity index (χ4v) is 1.89. The maximum Gasteiger partial charge on any atom is 0.121 e. The van der Waals surface area contributed by atoms with Gasteiger partial charge in [0.25, 0.3) is 0 Å². The number of ether oxygens (including phenoxy) is 1. The van der Waals surface area contributed by atoms with E-state index in [0.717, 1.165) is 17.0 Å². The molecule has 0 radical (unpaired) electrons. The SMILES string of the molecule is CN(C)c1cccc(OCc2cc(N)ccc2Cl)c1. The summed E-state index contributed by atoms with van der Waals surface area (Å²) in [5.74, 6) is 0.810. The molecule has 0 heterocycles. The van der Waals surface area contributed by atoms with Crippen molar-refractivity contribution in [2.24, 2.45) is 0 Å². The fraction of sp³-hybridized carbons (Fsp3) is 0.200. The Bertz CT molecular complexity index is 570. The largest absolute Gasteiger partial charge is 0.489 e. The van der Waals surface area contributed by atoms with E-state index in [1.54, 1.807) is 12.1 Å². The highest BCUT2D eigenvalue weighted by atomic mass is 35.5. The Balaban J connectivity index is 2.10. The van der Waals surface area contributed by atoms with E-state index in [0.29, 0.717) is 17.3 Å². The van der Waals surface area contributed by atoms with Crippen molar-refractivity contribution in [3.8, 4) is 5.75 Å². The third kappa shape index (κ3) is 3.55. The maximum absolute atomic E-state index is 6.10. The molecule has 2 aromatic carbocycles. The van der Waals surface area contributed by atoms with Crippen molar-refractivity contribution in [3.05, 3.63) is 53.1 Å². The van der Waals surface area contributed by atoms with Crippen LogP contribution < -0.4 is 15.4 Å². The summed E-state index contributed by atoms with van der Waals surface area (Å²) in [5.41, 5.74) is 8.40. The number of halogens is 1. The van der Waals surface area contributed by atoms with Gasteiger partial charge in [0.05, 0.1) is 0 Å². The zero-order valence-corrected chi connectivity index (χ0v) is 11.8. The number of anilines is 2. The van der Waals surface area contributed by atoms with Crippen LogP contribution in [-0.2, 0) is 6.61 Å². The van der Waals surface area contributed by atoms with Gasteiger partial charge in [0.2, 0.25) is 0 Å². The van der Waals surface area contributed by atoms with Gasteiger partial charge in [-0.3, -0.25) is 0 Å². The minimum Gasteiger partial charge on any atom is -0.489 e. The molecule has 100 valence electrons. The van der Waals surface area contributed by atoms with E-state index in [9.17, 15) is 0 Å². The maximum atomic E-state index is 6.10. The Hall–Kier alpha value is -1.87. The van der Waals surface area contributed by atoms with Crippen molar-refractivity contribution in [2.45, 2.75) is 6.61 Å². The standard InChI is InChI=1S/C15H17ClN2O/c1-18(2)13-4-3-5-14(9-13)19-10-11-8-12(17)6-7-15(11)16/h3-9H,10,17H2,1-2H3. The molecular weight excluding hydrogens is 260 g/mol. The monoisotopic (exact) mass is 276 g/mol.